The highest BCUT2D eigenvalue weighted by Crippen LogP contribution is 2.32. The van der Waals surface area contributed by atoms with Crippen LogP contribution >= 0.6 is 0 Å². The molecule has 2 aromatic carbocycles. The Morgan fingerprint density at radius 2 is 1.82 bits per heavy atom. The van der Waals surface area contributed by atoms with Crippen molar-refractivity contribution in [3.05, 3.63) is 54.1 Å². The maximum absolute atomic E-state index is 12.7. The van der Waals surface area contributed by atoms with Gasteiger partial charge in [0.2, 0.25) is 5.91 Å². The van der Waals surface area contributed by atoms with Crippen molar-refractivity contribution in [3.8, 4) is 11.5 Å². The number of nitrogens with zero attached hydrogens (tertiary/aromatic N) is 1. The van der Waals surface area contributed by atoms with Crippen LogP contribution in [-0.4, -0.2) is 43.2 Å². The highest BCUT2D eigenvalue weighted by atomic mass is 16.5. The number of benzene rings is 2. The van der Waals surface area contributed by atoms with E-state index < -0.39 is 0 Å². The Labute approximate surface area is 166 Å². The summed E-state index contributed by atoms with van der Waals surface area (Å²) in [6.07, 6.45) is 5.40. The van der Waals surface area contributed by atoms with Gasteiger partial charge in [0, 0.05) is 24.2 Å². The molecule has 1 saturated heterocycles. The van der Waals surface area contributed by atoms with Crippen LogP contribution in [0, 0.1) is 0 Å². The number of hydrogen-bond donors (Lipinski definition) is 1. The smallest absolute Gasteiger partial charge is 0.238 e. The average molecular weight is 380 g/mol. The lowest BCUT2D eigenvalue weighted by molar-refractivity contribution is -0.118. The van der Waals surface area contributed by atoms with Gasteiger partial charge in [-0.3, -0.25) is 9.69 Å². The van der Waals surface area contributed by atoms with E-state index in [4.69, 9.17) is 9.47 Å². The second kappa shape index (κ2) is 9.11. The maximum Gasteiger partial charge on any atom is 0.238 e. The third-order valence-corrected chi connectivity index (χ3v) is 5.44. The van der Waals surface area contributed by atoms with Crippen LogP contribution in [0.4, 0.5) is 5.69 Å². The van der Waals surface area contributed by atoms with Crippen molar-refractivity contribution in [1.29, 1.82) is 0 Å². The molecule has 0 aliphatic carbocycles. The van der Waals surface area contributed by atoms with Gasteiger partial charge in [0.25, 0.3) is 0 Å². The van der Waals surface area contributed by atoms with E-state index in [1.54, 1.807) is 0 Å². The Morgan fingerprint density at radius 1 is 1.00 bits per heavy atom. The molecule has 1 fully saturated rings. The van der Waals surface area contributed by atoms with Crippen molar-refractivity contribution in [3.63, 3.8) is 0 Å². The Morgan fingerprint density at radius 3 is 2.68 bits per heavy atom. The lowest BCUT2D eigenvalue weighted by Gasteiger charge is -2.35. The molecule has 0 aromatic heterocycles. The Balaban J connectivity index is 1.37. The van der Waals surface area contributed by atoms with Gasteiger partial charge in [0.1, 0.15) is 0 Å². The number of rotatable bonds is 5. The summed E-state index contributed by atoms with van der Waals surface area (Å²) in [5, 5.41) is 3.03. The standard InChI is InChI=1S/C23H28N2O3/c26-23(24-19-10-11-21-22(16-19)28-14-6-13-27-21)17-25-12-5-4-9-20(25)15-18-7-2-1-3-8-18/h1-3,7-8,10-11,16,20H,4-6,9,12-15,17H2,(H,24,26). The van der Waals surface area contributed by atoms with Crippen LogP contribution in [0.1, 0.15) is 31.2 Å². The zero-order valence-corrected chi connectivity index (χ0v) is 16.2. The molecule has 1 amide bonds. The van der Waals surface area contributed by atoms with E-state index in [-0.39, 0.29) is 5.91 Å². The van der Waals surface area contributed by atoms with Crippen LogP contribution in [0.5, 0.6) is 11.5 Å². The van der Waals surface area contributed by atoms with E-state index in [0.717, 1.165) is 43.7 Å². The van der Waals surface area contributed by atoms with Crippen LogP contribution in [0.2, 0.25) is 0 Å². The predicted octanol–water partition coefficient (Wildman–Crippen LogP) is 3.88. The fraction of sp³-hybridized carbons (Fsp3) is 0.435. The molecule has 1 N–H and O–H groups in total. The van der Waals surface area contributed by atoms with Crippen LogP contribution in [0.15, 0.2) is 48.5 Å². The molecule has 5 nitrogen and oxygen atoms in total. The molecule has 5 heteroatoms. The molecule has 148 valence electrons. The third kappa shape index (κ3) is 4.84. The lowest BCUT2D eigenvalue weighted by atomic mass is 9.95. The number of ether oxygens (including phenoxy) is 2. The molecule has 2 aliphatic rings. The molecule has 4 rings (SSSR count). The zero-order chi connectivity index (χ0) is 19.2. The van der Waals surface area contributed by atoms with Crippen molar-refractivity contribution >= 4 is 11.6 Å². The number of piperidine rings is 1. The summed E-state index contributed by atoms with van der Waals surface area (Å²) < 4.78 is 11.4. The van der Waals surface area contributed by atoms with Crippen molar-refractivity contribution in [2.75, 3.05) is 31.6 Å². The number of nitrogens with one attached hydrogen (secondary N) is 1. The minimum Gasteiger partial charge on any atom is -0.490 e. The summed E-state index contributed by atoms with van der Waals surface area (Å²) in [5.74, 6) is 1.47. The number of carbonyl (C=O) groups is 1. The van der Waals surface area contributed by atoms with Gasteiger partial charge in [-0.05, 0) is 43.5 Å². The number of amides is 1. The predicted molar refractivity (Wildman–Crippen MR) is 110 cm³/mol. The SMILES string of the molecule is O=C(CN1CCCCC1Cc1ccccc1)Nc1ccc2c(c1)OCCCO2. The lowest BCUT2D eigenvalue weighted by Crippen LogP contribution is -2.45. The molecule has 2 aromatic rings. The van der Waals surface area contributed by atoms with Crippen molar-refractivity contribution in [2.24, 2.45) is 0 Å². The quantitative estimate of drug-likeness (QED) is 0.855. The zero-order valence-electron chi connectivity index (χ0n) is 16.2. The monoisotopic (exact) mass is 380 g/mol. The van der Waals surface area contributed by atoms with E-state index in [1.807, 2.05) is 24.3 Å². The highest BCUT2D eigenvalue weighted by molar-refractivity contribution is 5.92. The van der Waals surface area contributed by atoms with Gasteiger partial charge < -0.3 is 14.8 Å². The molecule has 2 heterocycles. The van der Waals surface area contributed by atoms with Gasteiger partial charge >= 0.3 is 0 Å². The third-order valence-electron chi connectivity index (χ3n) is 5.44. The second-order valence-electron chi connectivity index (χ2n) is 7.57. The number of likely N-dealkylation sites (tertiary alicyclic amines) is 1. The van der Waals surface area contributed by atoms with E-state index in [1.165, 1.54) is 12.0 Å². The second-order valence-corrected chi connectivity index (χ2v) is 7.57. The molecule has 28 heavy (non-hydrogen) atoms. The Bertz CT molecular complexity index is 794. The van der Waals surface area contributed by atoms with Crippen molar-refractivity contribution in [2.45, 2.75) is 38.1 Å². The van der Waals surface area contributed by atoms with Gasteiger partial charge in [-0.15, -0.1) is 0 Å². The van der Waals surface area contributed by atoms with E-state index in [0.29, 0.717) is 31.5 Å². The van der Waals surface area contributed by atoms with Gasteiger partial charge in [-0.1, -0.05) is 36.8 Å². The molecule has 0 spiro atoms. The van der Waals surface area contributed by atoms with E-state index in [9.17, 15) is 4.79 Å². The average Bonchev–Trinajstić information content (AvgIpc) is 2.95. The normalized spacial score (nSPS) is 19.6. The molecular formula is C23H28N2O3. The van der Waals surface area contributed by atoms with Crippen LogP contribution in [0.3, 0.4) is 0 Å². The summed E-state index contributed by atoms with van der Waals surface area (Å²) in [4.78, 5) is 15.0. The molecule has 0 radical (unpaired) electrons. The summed E-state index contributed by atoms with van der Waals surface area (Å²) >= 11 is 0. The number of fused-ring (bicyclic) bond motifs is 1. The van der Waals surface area contributed by atoms with E-state index >= 15 is 0 Å². The Hall–Kier alpha value is -2.53. The number of carbonyl (C=O) groups excluding carboxylic acids is 1. The summed E-state index contributed by atoms with van der Waals surface area (Å²) in [5.41, 5.74) is 2.09. The van der Waals surface area contributed by atoms with Crippen LogP contribution < -0.4 is 14.8 Å². The van der Waals surface area contributed by atoms with E-state index in [2.05, 4.69) is 34.5 Å². The summed E-state index contributed by atoms with van der Waals surface area (Å²) in [7, 11) is 0. The summed E-state index contributed by atoms with van der Waals surface area (Å²) in [6.45, 7) is 2.70. The minimum absolute atomic E-state index is 0.0226. The van der Waals surface area contributed by atoms with Gasteiger partial charge in [-0.25, -0.2) is 0 Å². The first kappa shape index (κ1) is 18.8. The Kier molecular flexibility index (Phi) is 6.12. The molecule has 1 unspecified atom stereocenters. The molecule has 1 atom stereocenters. The number of hydrogen-bond acceptors (Lipinski definition) is 4. The van der Waals surface area contributed by atoms with Crippen molar-refractivity contribution in [1.82, 2.24) is 4.90 Å². The van der Waals surface area contributed by atoms with Crippen molar-refractivity contribution < 1.29 is 14.3 Å². The van der Waals surface area contributed by atoms with Gasteiger partial charge in [0.15, 0.2) is 11.5 Å². The first-order chi connectivity index (χ1) is 13.8. The minimum atomic E-state index is 0.0226. The maximum atomic E-state index is 12.7. The van der Waals surface area contributed by atoms with Gasteiger partial charge in [0.05, 0.1) is 19.8 Å². The van der Waals surface area contributed by atoms with Crippen LogP contribution in [0.25, 0.3) is 0 Å². The highest BCUT2D eigenvalue weighted by Gasteiger charge is 2.24. The molecule has 0 saturated carbocycles. The largest absolute Gasteiger partial charge is 0.490 e. The van der Waals surface area contributed by atoms with Gasteiger partial charge in [-0.2, -0.15) is 0 Å². The molecule has 0 bridgehead atoms. The number of anilines is 1. The van der Waals surface area contributed by atoms with Crippen LogP contribution in [-0.2, 0) is 11.2 Å². The fourth-order valence-electron chi connectivity index (χ4n) is 4.01. The summed E-state index contributed by atoms with van der Waals surface area (Å²) in [6, 6.07) is 16.6. The fourth-order valence-corrected chi connectivity index (χ4v) is 4.01. The first-order valence-electron chi connectivity index (χ1n) is 10.3. The topological polar surface area (TPSA) is 50.8 Å². The first-order valence-corrected chi connectivity index (χ1v) is 10.3. The molecule has 2 aliphatic heterocycles. The molecular weight excluding hydrogens is 352 g/mol.